The van der Waals surface area contributed by atoms with Crippen LogP contribution in [0.15, 0.2) is 12.7 Å². The Labute approximate surface area is 103 Å². The van der Waals surface area contributed by atoms with Gasteiger partial charge >= 0.3 is 5.97 Å². The third kappa shape index (κ3) is 9.60. The molecule has 0 rings (SSSR count). The maximum Gasteiger partial charge on any atom is 0.325 e. The molecule has 0 spiro atoms. The standard InChI is InChI=1S/C13H23NO3/c1-3-4-5-6-7-8-9-10-12(15)14-11(2)13(16)17/h3,11H,1,4-10H2,2H3,(H,14,15)(H,16,17). The van der Waals surface area contributed by atoms with E-state index in [0.717, 1.165) is 32.1 Å². The second-order valence-electron chi connectivity index (χ2n) is 4.22. The summed E-state index contributed by atoms with van der Waals surface area (Å²) >= 11 is 0. The number of carbonyl (C=O) groups is 2. The first-order valence-electron chi connectivity index (χ1n) is 6.21. The van der Waals surface area contributed by atoms with Gasteiger partial charge < -0.3 is 10.4 Å². The summed E-state index contributed by atoms with van der Waals surface area (Å²) in [6.45, 7) is 5.13. The molecule has 0 aromatic heterocycles. The van der Waals surface area contributed by atoms with Crippen molar-refractivity contribution in [1.29, 1.82) is 0 Å². The zero-order chi connectivity index (χ0) is 13.1. The maximum atomic E-state index is 11.3. The van der Waals surface area contributed by atoms with Crippen LogP contribution in [-0.2, 0) is 9.59 Å². The van der Waals surface area contributed by atoms with Crippen LogP contribution in [0.4, 0.5) is 0 Å². The molecule has 2 N–H and O–H groups in total. The van der Waals surface area contributed by atoms with Gasteiger partial charge in [-0.1, -0.05) is 25.3 Å². The van der Waals surface area contributed by atoms with Crippen LogP contribution in [0, 0.1) is 0 Å². The summed E-state index contributed by atoms with van der Waals surface area (Å²) in [6, 6.07) is -0.796. The van der Waals surface area contributed by atoms with Crippen LogP contribution in [0.25, 0.3) is 0 Å². The number of unbranched alkanes of at least 4 members (excludes halogenated alkanes) is 5. The van der Waals surface area contributed by atoms with Gasteiger partial charge in [-0.2, -0.15) is 0 Å². The Morgan fingerprint density at radius 1 is 1.24 bits per heavy atom. The van der Waals surface area contributed by atoms with E-state index in [2.05, 4.69) is 11.9 Å². The third-order valence-electron chi connectivity index (χ3n) is 2.56. The topological polar surface area (TPSA) is 66.4 Å². The summed E-state index contributed by atoms with van der Waals surface area (Å²) in [6.07, 6.45) is 8.68. The van der Waals surface area contributed by atoms with Crippen LogP contribution in [-0.4, -0.2) is 23.0 Å². The molecule has 0 radical (unpaired) electrons. The number of allylic oxidation sites excluding steroid dienone is 1. The van der Waals surface area contributed by atoms with E-state index >= 15 is 0 Å². The number of rotatable bonds is 10. The summed E-state index contributed by atoms with van der Waals surface area (Å²) in [5.74, 6) is -1.17. The van der Waals surface area contributed by atoms with Crippen molar-refractivity contribution in [2.24, 2.45) is 0 Å². The van der Waals surface area contributed by atoms with Crippen molar-refractivity contribution in [1.82, 2.24) is 5.32 Å². The van der Waals surface area contributed by atoms with Crippen molar-refractivity contribution in [3.63, 3.8) is 0 Å². The Bertz CT molecular complexity index is 251. The Morgan fingerprint density at radius 2 is 1.82 bits per heavy atom. The van der Waals surface area contributed by atoms with Crippen LogP contribution < -0.4 is 5.32 Å². The molecule has 0 heterocycles. The predicted octanol–water partition coefficient (Wildman–Crippen LogP) is 2.49. The molecule has 0 bridgehead atoms. The van der Waals surface area contributed by atoms with Gasteiger partial charge in [0, 0.05) is 6.42 Å². The fraction of sp³-hybridized carbons (Fsp3) is 0.692. The van der Waals surface area contributed by atoms with E-state index in [0.29, 0.717) is 6.42 Å². The minimum absolute atomic E-state index is 0.175. The minimum atomic E-state index is -0.997. The van der Waals surface area contributed by atoms with Gasteiger partial charge in [-0.05, 0) is 26.2 Å². The van der Waals surface area contributed by atoms with Crippen molar-refractivity contribution < 1.29 is 14.7 Å². The first-order chi connectivity index (χ1) is 8.07. The highest BCUT2D eigenvalue weighted by molar-refractivity contribution is 5.83. The van der Waals surface area contributed by atoms with Gasteiger partial charge in [0.1, 0.15) is 6.04 Å². The predicted molar refractivity (Wildman–Crippen MR) is 67.8 cm³/mol. The summed E-state index contributed by atoms with van der Waals surface area (Å²) in [5.41, 5.74) is 0. The highest BCUT2D eigenvalue weighted by Crippen LogP contribution is 2.07. The average Bonchev–Trinajstić information content (AvgIpc) is 2.27. The number of amides is 1. The van der Waals surface area contributed by atoms with Gasteiger partial charge in [0.05, 0.1) is 0 Å². The molecule has 17 heavy (non-hydrogen) atoms. The molecular formula is C13H23NO3. The summed E-state index contributed by atoms with van der Waals surface area (Å²) in [7, 11) is 0. The Balaban J connectivity index is 3.39. The highest BCUT2D eigenvalue weighted by atomic mass is 16.4. The van der Waals surface area contributed by atoms with Gasteiger partial charge in [0.15, 0.2) is 0 Å². The molecule has 4 nitrogen and oxygen atoms in total. The van der Waals surface area contributed by atoms with E-state index in [1.807, 2.05) is 6.08 Å². The fourth-order valence-corrected chi connectivity index (χ4v) is 1.48. The monoisotopic (exact) mass is 241 g/mol. The molecule has 4 heteroatoms. The van der Waals surface area contributed by atoms with E-state index < -0.39 is 12.0 Å². The van der Waals surface area contributed by atoms with Crippen LogP contribution >= 0.6 is 0 Å². The van der Waals surface area contributed by atoms with Crippen molar-refractivity contribution in [3.8, 4) is 0 Å². The second kappa shape index (κ2) is 9.87. The number of carboxylic acid groups (broad SMARTS) is 1. The molecule has 0 aliphatic rings. The van der Waals surface area contributed by atoms with E-state index in [-0.39, 0.29) is 5.91 Å². The van der Waals surface area contributed by atoms with Crippen molar-refractivity contribution in [3.05, 3.63) is 12.7 Å². The van der Waals surface area contributed by atoms with Gasteiger partial charge in [0.2, 0.25) is 5.91 Å². The first kappa shape index (κ1) is 15.7. The lowest BCUT2D eigenvalue weighted by atomic mass is 10.1. The van der Waals surface area contributed by atoms with E-state index in [1.165, 1.54) is 13.3 Å². The molecule has 0 aliphatic carbocycles. The van der Waals surface area contributed by atoms with Crippen molar-refractivity contribution in [2.75, 3.05) is 0 Å². The molecular weight excluding hydrogens is 218 g/mol. The highest BCUT2D eigenvalue weighted by Gasteiger charge is 2.12. The first-order valence-corrected chi connectivity index (χ1v) is 6.21. The van der Waals surface area contributed by atoms with Gasteiger partial charge in [-0.3, -0.25) is 9.59 Å². The SMILES string of the molecule is C=CCCCCCCCC(=O)NC(C)C(=O)O. The summed E-state index contributed by atoms with van der Waals surface area (Å²) in [4.78, 5) is 21.8. The average molecular weight is 241 g/mol. The maximum absolute atomic E-state index is 11.3. The van der Waals surface area contributed by atoms with Crippen LogP contribution in [0.3, 0.4) is 0 Å². The number of aliphatic carboxylic acids is 1. The molecule has 1 amide bonds. The molecule has 1 unspecified atom stereocenters. The smallest absolute Gasteiger partial charge is 0.325 e. The van der Waals surface area contributed by atoms with Gasteiger partial charge in [-0.25, -0.2) is 0 Å². The lowest BCUT2D eigenvalue weighted by molar-refractivity contribution is -0.141. The zero-order valence-electron chi connectivity index (χ0n) is 10.6. The second-order valence-corrected chi connectivity index (χ2v) is 4.22. The number of hydrogen-bond acceptors (Lipinski definition) is 2. The van der Waals surface area contributed by atoms with Crippen molar-refractivity contribution >= 4 is 11.9 Å². The molecule has 0 aliphatic heterocycles. The molecule has 0 saturated heterocycles. The summed E-state index contributed by atoms with van der Waals surface area (Å²) < 4.78 is 0. The van der Waals surface area contributed by atoms with Crippen LogP contribution in [0.5, 0.6) is 0 Å². The molecule has 98 valence electrons. The molecule has 0 aromatic carbocycles. The quantitative estimate of drug-likeness (QED) is 0.456. The lowest BCUT2D eigenvalue weighted by Crippen LogP contribution is -2.38. The Morgan fingerprint density at radius 3 is 2.41 bits per heavy atom. The van der Waals surface area contributed by atoms with Crippen LogP contribution in [0.1, 0.15) is 51.9 Å². The number of nitrogens with one attached hydrogen (secondary N) is 1. The van der Waals surface area contributed by atoms with E-state index in [4.69, 9.17) is 5.11 Å². The zero-order valence-corrected chi connectivity index (χ0v) is 10.6. The Kier molecular flexibility index (Phi) is 9.11. The van der Waals surface area contributed by atoms with Crippen molar-refractivity contribution in [2.45, 2.75) is 57.9 Å². The van der Waals surface area contributed by atoms with E-state index in [1.54, 1.807) is 0 Å². The molecule has 0 aromatic rings. The minimum Gasteiger partial charge on any atom is -0.480 e. The number of hydrogen-bond donors (Lipinski definition) is 2. The Hall–Kier alpha value is -1.32. The lowest BCUT2D eigenvalue weighted by Gasteiger charge is -2.08. The number of carbonyl (C=O) groups excluding carboxylic acids is 1. The third-order valence-corrected chi connectivity index (χ3v) is 2.56. The van der Waals surface area contributed by atoms with E-state index in [9.17, 15) is 9.59 Å². The molecule has 0 fully saturated rings. The van der Waals surface area contributed by atoms with Crippen LogP contribution in [0.2, 0.25) is 0 Å². The molecule has 0 saturated carbocycles. The van der Waals surface area contributed by atoms with Gasteiger partial charge in [-0.15, -0.1) is 6.58 Å². The molecule has 1 atom stereocenters. The fourth-order valence-electron chi connectivity index (χ4n) is 1.48. The normalized spacial score (nSPS) is 11.8. The largest absolute Gasteiger partial charge is 0.480 e. The number of carboxylic acids is 1. The summed E-state index contributed by atoms with van der Waals surface area (Å²) in [5, 5.41) is 11.0. The van der Waals surface area contributed by atoms with Gasteiger partial charge in [0.25, 0.3) is 0 Å².